The van der Waals surface area contributed by atoms with E-state index in [0.29, 0.717) is 31.0 Å². The molecule has 1 aromatic carbocycles. The normalized spacial score (nSPS) is 11.1. The van der Waals surface area contributed by atoms with Crippen LogP contribution >= 0.6 is 0 Å². The molecule has 118 valence electrons. The van der Waals surface area contributed by atoms with E-state index in [1.165, 1.54) is 0 Å². The van der Waals surface area contributed by atoms with E-state index in [1.807, 2.05) is 67.9 Å². The Bertz CT molecular complexity index is 595. The molecule has 0 N–H and O–H groups in total. The second-order valence-corrected chi connectivity index (χ2v) is 5.08. The summed E-state index contributed by atoms with van der Waals surface area (Å²) in [4.78, 5) is 12.6. The lowest BCUT2D eigenvalue weighted by Gasteiger charge is -2.19. The van der Waals surface area contributed by atoms with Crippen LogP contribution in [-0.4, -0.2) is 29.9 Å². The fourth-order valence-corrected chi connectivity index (χ4v) is 2.32. The van der Waals surface area contributed by atoms with Crippen molar-refractivity contribution in [2.45, 2.75) is 33.6 Å². The molecule has 0 amide bonds. The van der Waals surface area contributed by atoms with Gasteiger partial charge in [0.15, 0.2) is 6.29 Å². The van der Waals surface area contributed by atoms with Crippen LogP contribution in [0.1, 0.15) is 35.5 Å². The molecule has 22 heavy (non-hydrogen) atoms. The number of rotatable bonds is 8. The Morgan fingerprint density at radius 1 is 1.09 bits per heavy atom. The largest absolute Gasteiger partial charge is 0.351 e. The van der Waals surface area contributed by atoms with Crippen LogP contribution in [0.2, 0.25) is 0 Å². The van der Waals surface area contributed by atoms with Gasteiger partial charge in [-0.15, -0.1) is 0 Å². The standard InChI is InChI=1S/C18H23NO3/c1-4-21-17(22-5-2)13-19-12-6-7-16(19)18(20)15-10-8-14(3)9-11-15/h6-12,17H,4-5,13H2,1-3H3. The predicted octanol–water partition coefficient (Wildman–Crippen LogP) is 3.43. The van der Waals surface area contributed by atoms with E-state index in [9.17, 15) is 4.79 Å². The van der Waals surface area contributed by atoms with Crippen molar-refractivity contribution in [3.63, 3.8) is 0 Å². The smallest absolute Gasteiger partial charge is 0.209 e. The molecule has 1 heterocycles. The van der Waals surface area contributed by atoms with Crippen LogP contribution in [0, 0.1) is 6.92 Å². The van der Waals surface area contributed by atoms with Crippen molar-refractivity contribution >= 4 is 5.78 Å². The molecule has 0 unspecified atom stereocenters. The molecular weight excluding hydrogens is 278 g/mol. The van der Waals surface area contributed by atoms with E-state index in [1.54, 1.807) is 0 Å². The minimum absolute atomic E-state index is 0.0109. The van der Waals surface area contributed by atoms with Crippen molar-refractivity contribution in [2.75, 3.05) is 13.2 Å². The van der Waals surface area contributed by atoms with E-state index in [4.69, 9.17) is 9.47 Å². The Balaban J connectivity index is 2.17. The Hall–Kier alpha value is -1.91. The van der Waals surface area contributed by atoms with Crippen molar-refractivity contribution in [1.82, 2.24) is 4.57 Å². The third-order valence-electron chi connectivity index (χ3n) is 3.43. The lowest BCUT2D eigenvalue weighted by Crippen LogP contribution is -2.25. The molecule has 1 aromatic heterocycles. The summed E-state index contributed by atoms with van der Waals surface area (Å²) in [6.45, 7) is 7.52. The zero-order valence-electron chi connectivity index (χ0n) is 13.4. The molecule has 2 rings (SSSR count). The van der Waals surface area contributed by atoms with Crippen LogP contribution in [0.3, 0.4) is 0 Å². The first-order chi connectivity index (χ1) is 10.7. The fraction of sp³-hybridized carbons (Fsp3) is 0.389. The topological polar surface area (TPSA) is 40.5 Å². The predicted molar refractivity (Wildman–Crippen MR) is 86.1 cm³/mol. The van der Waals surface area contributed by atoms with Gasteiger partial charge in [-0.3, -0.25) is 4.79 Å². The van der Waals surface area contributed by atoms with Crippen LogP contribution in [0.25, 0.3) is 0 Å². The molecule has 0 aliphatic carbocycles. The molecule has 4 nitrogen and oxygen atoms in total. The molecule has 0 aliphatic heterocycles. The maximum atomic E-state index is 12.6. The van der Waals surface area contributed by atoms with Crippen LogP contribution < -0.4 is 0 Å². The van der Waals surface area contributed by atoms with E-state index >= 15 is 0 Å². The van der Waals surface area contributed by atoms with Crippen LogP contribution in [0.4, 0.5) is 0 Å². The molecule has 0 fully saturated rings. The van der Waals surface area contributed by atoms with Crippen molar-refractivity contribution in [3.8, 4) is 0 Å². The number of ether oxygens (including phenoxy) is 2. The minimum atomic E-state index is -0.341. The Morgan fingerprint density at radius 2 is 1.73 bits per heavy atom. The highest BCUT2D eigenvalue weighted by Crippen LogP contribution is 2.13. The monoisotopic (exact) mass is 301 g/mol. The van der Waals surface area contributed by atoms with Gasteiger partial charge in [-0.2, -0.15) is 0 Å². The van der Waals surface area contributed by atoms with E-state index in [0.717, 1.165) is 5.56 Å². The van der Waals surface area contributed by atoms with Crippen LogP contribution in [-0.2, 0) is 16.0 Å². The molecule has 0 radical (unpaired) electrons. The summed E-state index contributed by atoms with van der Waals surface area (Å²) in [5, 5.41) is 0. The van der Waals surface area contributed by atoms with Crippen molar-refractivity contribution in [3.05, 3.63) is 59.4 Å². The number of nitrogens with zero attached hydrogens (tertiary/aromatic N) is 1. The zero-order valence-corrected chi connectivity index (χ0v) is 13.4. The summed E-state index contributed by atoms with van der Waals surface area (Å²) in [6.07, 6.45) is 1.54. The van der Waals surface area contributed by atoms with E-state index < -0.39 is 0 Å². The number of hydrogen-bond acceptors (Lipinski definition) is 3. The van der Waals surface area contributed by atoms with Gasteiger partial charge < -0.3 is 14.0 Å². The van der Waals surface area contributed by atoms with Gasteiger partial charge in [-0.1, -0.05) is 29.8 Å². The molecule has 2 aromatic rings. The Labute approximate surface area is 131 Å². The van der Waals surface area contributed by atoms with Gasteiger partial charge in [-0.25, -0.2) is 0 Å². The first-order valence-corrected chi connectivity index (χ1v) is 7.65. The second kappa shape index (κ2) is 7.92. The highest BCUT2D eigenvalue weighted by molar-refractivity contribution is 6.08. The zero-order chi connectivity index (χ0) is 15.9. The quantitative estimate of drug-likeness (QED) is 0.554. The number of aryl methyl sites for hydroxylation is 1. The summed E-state index contributed by atoms with van der Waals surface area (Å²) < 4.78 is 13.0. The summed E-state index contributed by atoms with van der Waals surface area (Å²) in [5.41, 5.74) is 2.47. The Morgan fingerprint density at radius 3 is 2.32 bits per heavy atom. The van der Waals surface area contributed by atoms with Crippen molar-refractivity contribution in [2.24, 2.45) is 0 Å². The lowest BCUT2D eigenvalue weighted by molar-refractivity contribution is -0.143. The van der Waals surface area contributed by atoms with Gasteiger partial charge in [0.25, 0.3) is 0 Å². The lowest BCUT2D eigenvalue weighted by atomic mass is 10.1. The number of carbonyl (C=O) groups is 1. The molecule has 0 spiro atoms. The SMILES string of the molecule is CCOC(Cn1cccc1C(=O)c1ccc(C)cc1)OCC. The van der Waals surface area contributed by atoms with E-state index in [2.05, 4.69) is 0 Å². The number of aromatic nitrogens is 1. The minimum Gasteiger partial charge on any atom is -0.351 e. The first kappa shape index (κ1) is 16.5. The second-order valence-electron chi connectivity index (χ2n) is 5.08. The number of carbonyl (C=O) groups excluding carboxylic acids is 1. The molecular formula is C18H23NO3. The summed E-state index contributed by atoms with van der Waals surface area (Å²) in [7, 11) is 0. The van der Waals surface area contributed by atoms with Gasteiger partial charge in [0.2, 0.25) is 5.78 Å². The van der Waals surface area contributed by atoms with Gasteiger partial charge in [0.1, 0.15) is 0 Å². The first-order valence-electron chi connectivity index (χ1n) is 7.65. The Kier molecular flexibility index (Phi) is 5.92. The highest BCUT2D eigenvalue weighted by atomic mass is 16.7. The average molecular weight is 301 g/mol. The molecule has 0 atom stereocenters. The summed E-state index contributed by atoms with van der Waals surface area (Å²) in [6, 6.07) is 11.3. The number of hydrogen-bond donors (Lipinski definition) is 0. The molecule has 0 saturated heterocycles. The van der Waals surface area contributed by atoms with Gasteiger partial charge >= 0.3 is 0 Å². The number of benzene rings is 1. The molecule has 0 aliphatic rings. The van der Waals surface area contributed by atoms with Gasteiger partial charge in [0.05, 0.1) is 12.2 Å². The van der Waals surface area contributed by atoms with E-state index in [-0.39, 0.29) is 12.1 Å². The fourth-order valence-electron chi connectivity index (χ4n) is 2.32. The average Bonchev–Trinajstić information content (AvgIpc) is 2.96. The van der Waals surface area contributed by atoms with Crippen molar-refractivity contribution in [1.29, 1.82) is 0 Å². The van der Waals surface area contributed by atoms with Crippen LogP contribution in [0.5, 0.6) is 0 Å². The third kappa shape index (κ3) is 4.06. The third-order valence-corrected chi connectivity index (χ3v) is 3.43. The van der Waals surface area contributed by atoms with Gasteiger partial charge in [-0.05, 0) is 32.9 Å². The number of ketones is 1. The highest BCUT2D eigenvalue weighted by Gasteiger charge is 2.16. The van der Waals surface area contributed by atoms with Crippen LogP contribution in [0.15, 0.2) is 42.6 Å². The summed E-state index contributed by atoms with van der Waals surface area (Å²) in [5.74, 6) is 0.0109. The molecule has 4 heteroatoms. The van der Waals surface area contributed by atoms with Crippen molar-refractivity contribution < 1.29 is 14.3 Å². The molecule has 0 bridgehead atoms. The molecule has 0 saturated carbocycles. The van der Waals surface area contributed by atoms with Gasteiger partial charge in [0, 0.05) is 25.0 Å². The maximum Gasteiger partial charge on any atom is 0.209 e. The maximum absolute atomic E-state index is 12.6. The summed E-state index contributed by atoms with van der Waals surface area (Å²) >= 11 is 0.